The monoisotopic (exact) mass is 273 g/mol. The highest BCUT2D eigenvalue weighted by atomic mass is 16.6. The number of pyridine rings is 2. The fourth-order valence-electron chi connectivity index (χ4n) is 1.74. The zero-order chi connectivity index (χ0) is 14.4. The maximum absolute atomic E-state index is 11.0. The van der Waals surface area contributed by atoms with Gasteiger partial charge in [0.15, 0.2) is 0 Å². The summed E-state index contributed by atoms with van der Waals surface area (Å²) in [5, 5.41) is 16.8. The van der Waals surface area contributed by atoms with Crippen LogP contribution in [0.15, 0.2) is 36.7 Å². The minimum absolute atomic E-state index is 0.0290. The van der Waals surface area contributed by atoms with Crippen LogP contribution in [0.3, 0.4) is 0 Å². The SMILES string of the molecule is CNc1ccc([N+](=O)[O-])c(NCCc2ccncc2)n1. The molecule has 0 aromatic carbocycles. The van der Waals surface area contributed by atoms with E-state index in [0.717, 1.165) is 12.0 Å². The quantitative estimate of drug-likeness (QED) is 0.618. The first kappa shape index (κ1) is 13.7. The molecule has 0 radical (unpaired) electrons. The van der Waals surface area contributed by atoms with Gasteiger partial charge in [-0.25, -0.2) is 4.98 Å². The summed E-state index contributed by atoms with van der Waals surface area (Å²) in [4.78, 5) is 18.6. The number of anilines is 2. The fourth-order valence-corrected chi connectivity index (χ4v) is 1.74. The number of rotatable bonds is 6. The molecule has 2 aromatic heterocycles. The summed E-state index contributed by atoms with van der Waals surface area (Å²) in [6, 6.07) is 6.83. The van der Waals surface area contributed by atoms with Crippen LogP contribution < -0.4 is 10.6 Å². The first-order valence-electron chi connectivity index (χ1n) is 6.16. The molecule has 0 saturated carbocycles. The number of nitrogens with zero attached hydrogens (tertiary/aromatic N) is 3. The average Bonchev–Trinajstić information content (AvgIpc) is 2.48. The summed E-state index contributed by atoms with van der Waals surface area (Å²) in [5.41, 5.74) is 1.08. The summed E-state index contributed by atoms with van der Waals surface area (Å²) < 4.78 is 0. The summed E-state index contributed by atoms with van der Waals surface area (Å²) in [7, 11) is 1.72. The van der Waals surface area contributed by atoms with Crippen LogP contribution in [0.2, 0.25) is 0 Å². The van der Waals surface area contributed by atoms with Crippen molar-refractivity contribution in [2.45, 2.75) is 6.42 Å². The second kappa shape index (κ2) is 6.46. The van der Waals surface area contributed by atoms with Crippen molar-refractivity contribution < 1.29 is 4.92 Å². The van der Waals surface area contributed by atoms with Gasteiger partial charge in [-0.3, -0.25) is 15.1 Å². The Kier molecular flexibility index (Phi) is 4.43. The highest BCUT2D eigenvalue weighted by Crippen LogP contribution is 2.23. The zero-order valence-electron chi connectivity index (χ0n) is 11.0. The Balaban J connectivity index is 2.06. The van der Waals surface area contributed by atoms with E-state index in [1.54, 1.807) is 25.5 Å². The molecule has 0 bridgehead atoms. The van der Waals surface area contributed by atoms with E-state index >= 15 is 0 Å². The third-order valence-corrected chi connectivity index (χ3v) is 2.78. The van der Waals surface area contributed by atoms with Gasteiger partial charge in [0.05, 0.1) is 4.92 Å². The Hall–Kier alpha value is -2.70. The van der Waals surface area contributed by atoms with Gasteiger partial charge in [-0.2, -0.15) is 0 Å². The summed E-state index contributed by atoms with van der Waals surface area (Å²) in [6.45, 7) is 0.561. The predicted octanol–water partition coefficient (Wildman–Crippen LogP) is 2.08. The van der Waals surface area contributed by atoms with Gasteiger partial charge in [-0.1, -0.05) is 0 Å². The molecule has 2 aromatic rings. The first-order chi connectivity index (χ1) is 9.70. The van der Waals surface area contributed by atoms with Crippen LogP contribution >= 0.6 is 0 Å². The minimum Gasteiger partial charge on any atom is -0.373 e. The lowest BCUT2D eigenvalue weighted by molar-refractivity contribution is -0.384. The number of nitro groups is 1. The molecule has 0 aliphatic heterocycles. The molecular weight excluding hydrogens is 258 g/mol. The number of hydrogen-bond acceptors (Lipinski definition) is 6. The van der Waals surface area contributed by atoms with E-state index in [1.165, 1.54) is 6.07 Å². The van der Waals surface area contributed by atoms with Gasteiger partial charge in [-0.05, 0) is 30.2 Å². The molecule has 104 valence electrons. The van der Waals surface area contributed by atoms with Crippen molar-refractivity contribution >= 4 is 17.3 Å². The van der Waals surface area contributed by atoms with Crippen LogP contribution in [0.25, 0.3) is 0 Å². The molecule has 0 amide bonds. The Morgan fingerprint density at radius 2 is 2.00 bits per heavy atom. The van der Waals surface area contributed by atoms with Gasteiger partial charge in [0.2, 0.25) is 5.82 Å². The van der Waals surface area contributed by atoms with E-state index in [0.29, 0.717) is 12.4 Å². The van der Waals surface area contributed by atoms with E-state index in [1.807, 2.05) is 12.1 Å². The van der Waals surface area contributed by atoms with E-state index in [4.69, 9.17) is 0 Å². The molecule has 0 spiro atoms. The van der Waals surface area contributed by atoms with Crippen LogP contribution in [-0.2, 0) is 6.42 Å². The number of nitrogens with one attached hydrogen (secondary N) is 2. The molecule has 2 rings (SSSR count). The third kappa shape index (κ3) is 3.41. The van der Waals surface area contributed by atoms with Crippen LogP contribution in [0.4, 0.5) is 17.3 Å². The molecule has 7 nitrogen and oxygen atoms in total. The molecule has 0 fully saturated rings. The summed E-state index contributed by atoms with van der Waals surface area (Å²) in [6.07, 6.45) is 4.18. The van der Waals surface area contributed by atoms with Crippen molar-refractivity contribution in [3.8, 4) is 0 Å². The highest BCUT2D eigenvalue weighted by molar-refractivity contribution is 5.60. The predicted molar refractivity (Wildman–Crippen MR) is 76.9 cm³/mol. The van der Waals surface area contributed by atoms with Crippen molar-refractivity contribution in [1.82, 2.24) is 9.97 Å². The van der Waals surface area contributed by atoms with Gasteiger partial charge in [0.1, 0.15) is 5.82 Å². The topological polar surface area (TPSA) is 93.0 Å². The Morgan fingerprint density at radius 3 is 2.65 bits per heavy atom. The third-order valence-electron chi connectivity index (χ3n) is 2.78. The van der Waals surface area contributed by atoms with Crippen molar-refractivity contribution in [3.05, 3.63) is 52.3 Å². The summed E-state index contributed by atoms with van der Waals surface area (Å²) >= 11 is 0. The molecular formula is C13H15N5O2. The molecule has 0 aliphatic rings. The maximum atomic E-state index is 11.0. The summed E-state index contributed by atoms with van der Waals surface area (Å²) in [5.74, 6) is 0.859. The second-order valence-electron chi connectivity index (χ2n) is 4.10. The Labute approximate surface area is 116 Å². The normalized spacial score (nSPS) is 10.1. The van der Waals surface area contributed by atoms with E-state index in [2.05, 4.69) is 20.6 Å². The second-order valence-corrected chi connectivity index (χ2v) is 4.10. The van der Waals surface area contributed by atoms with E-state index < -0.39 is 4.92 Å². The highest BCUT2D eigenvalue weighted by Gasteiger charge is 2.15. The van der Waals surface area contributed by atoms with Crippen molar-refractivity contribution in [2.24, 2.45) is 0 Å². The standard InChI is InChI=1S/C13H15N5O2/c1-14-12-3-2-11(18(19)20)13(17-12)16-9-6-10-4-7-15-8-5-10/h2-5,7-8H,6,9H2,1H3,(H2,14,16,17). The van der Waals surface area contributed by atoms with Crippen molar-refractivity contribution in [1.29, 1.82) is 0 Å². The largest absolute Gasteiger partial charge is 0.373 e. The lowest BCUT2D eigenvalue weighted by atomic mass is 10.2. The maximum Gasteiger partial charge on any atom is 0.311 e. The molecule has 2 heterocycles. The molecule has 0 aliphatic carbocycles. The minimum atomic E-state index is -0.443. The Morgan fingerprint density at radius 1 is 1.25 bits per heavy atom. The molecule has 2 N–H and O–H groups in total. The Bertz CT molecular complexity index is 589. The average molecular weight is 273 g/mol. The molecule has 20 heavy (non-hydrogen) atoms. The number of hydrogen-bond donors (Lipinski definition) is 2. The van der Waals surface area contributed by atoms with Crippen LogP contribution in [0.5, 0.6) is 0 Å². The van der Waals surface area contributed by atoms with E-state index in [9.17, 15) is 10.1 Å². The zero-order valence-corrected chi connectivity index (χ0v) is 11.0. The van der Waals surface area contributed by atoms with Gasteiger partial charge in [-0.15, -0.1) is 0 Å². The molecule has 7 heteroatoms. The van der Waals surface area contributed by atoms with Crippen LogP contribution in [-0.4, -0.2) is 28.5 Å². The van der Waals surface area contributed by atoms with Crippen LogP contribution in [0, 0.1) is 10.1 Å². The van der Waals surface area contributed by atoms with Gasteiger partial charge >= 0.3 is 5.69 Å². The van der Waals surface area contributed by atoms with Crippen LogP contribution in [0.1, 0.15) is 5.56 Å². The van der Waals surface area contributed by atoms with Gasteiger partial charge in [0.25, 0.3) is 0 Å². The number of aromatic nitrogens is 2. The molecule has 0 saturated heterocycles. The lowest BCUT2D eigenvalue weighted by Gasteiger charge is -2.08. The molecule has 0 atom stereocenters. The van der Waals surface area contributed by atoms with Crippen molar-refractivity contribution in [2.75, 3.05) is 24.2 Å². The lowest BCUT2D eigenvalue weighted by Crippen LogP contribution is -2.09. The first-order valence-corrected chi connectivity index (χ1v) is 6.16. The van der Waals surface area contributed by atoms with E-state index in [-0.39, 0.29) is 11.5 Å². The molecule has 0 unspecified atom stereocenters. The smallest absolute Gasteiger partial charge is 0.311 e. The van der Waals surface area contributed by atoms with Gasteiger partial charge in [0, 0.05) is 32.1 Å². The van der Waals surface area contributed by atoms with Gasteiger partial charge < -0.3 is 10.6 Å². The van der Waals surface area contributed by atoms with Crippen molar-refractivity contribution in [3.63, 3.8) is 0 Å². The fraction of sp³-hybridized carbons (Fsp3) is 0.231.